The first kappa shape index (κ1) is 17.2. The van der Waals surface area contributed by atoms with Crippen LogP contribution in [0.2, 0.25) is 0 Å². The quantitative estimate of drug-likeness (QED) is 0.703. The molecule has 1 aliphatic rings. The summed E-state index contributed by atoms with van der Waals surface area (Å²) in [5.41, 5.74) is 0.213. The van der Waals surface area contributed by atoms with E-state index >= 15 is 0 Å². The van der Waals surface area contributed by atoms with E-state index < -0.39 is 23.6 Å². The fourth-order valence-corrected chi connectivity index (χ4v) is 3.27. The van der Waals surface area contributed by atoms with Crippen LogP contribution in [0.25, 0.3) is 0 Å². The summed E-state index contributed by atoms with van der Waals surface area (Å²) in [7, 11) is 0. The molecule has 2 aromatic carbocycles. The average Bonchev–Trinajstić information content (AvgIpc) is 2.53. The Morgan fingerprint density at radius 1 is 1.25 bits per heavy atom. The van der Waals surface area contributed by atoms with Crippen molar-refractivity contribution in [3.63, 3.8) is 0 Å². The van der Waals surface area contributed by atoms with Crippen LogP contribution < -0.4 is 10.1 Å². The molecule has 4 nitrogen and oxygen atoms in total. The predicted molar refractivity (Wildman–Crippen MR) is 96.5 cm³/mol. The van der Waals surface area contributed by atoms with Crippen molar-refractivity contribution in [2.75, 3.05) is 0 Å². The molecule has 0 radical (unpaired) electrons. The lowest BCUT2D eigenvalue weighted by Crippen LogP contribution is -2.53. The molecule has 0 aromatic heterocycles. The van der Waals surface area contributed by atoms with Gasteiger partial charge in [0, 0.05) is 14.7 Å². The predicted octanol–water partition coefficient (Wildman–Crippen LogP) is 3.43. The second-order valence-corrected chi connectivity index (χ2v) is 7.54. The molecule has 2 atom stereocenters. The molecular weight excluding hydrogens is 424 g/mol. The van der Waals surface area contributed by atoms with Crippen LogP contribution in [0.4, 0.5) is 4.39 Å². The van der Waals surface area contributed by atoms with Gasteiger partial charge in [0.2, 0.25) is 0 Å². The number of ether oxygens (including phenoxy) is 1. The number of hydrogen-bond acceptors (Lipinski definition) is 3. The van der Waals surface area contributed by atoms with Crippen molar-refractivity contribution >= 4 is 28.5 Å². The zero-order chi connectivity index (χ0) is 17.5. The van der Waals surface area contributed by atoms with Crippen molar-refractivity contribution in [1.29, 1.82) is 0 Å². The molecule has 0 saturated carbocycles. The van der Waals surface area contributed by atoms with Crippen LogP contribution in [0, 0.1) is 9.39 Å². The maximum atomic E-state index is 13.0. The average molecular weight is 441 g/mol. The van der Waals surface area contributed by atoms with E-state index in [1.807, 2.05) is 18.2 Å². The summed E-state index contributed by atoms with van der Waals surface area (Å²) in [6.45, 7) is 3.55. The van der Waals surface area contributed by atoms with Crippen molar-refractivity contribution < 1.29 is 19.0 Å². The molecule has 2 unspecified atom stereocenters. The summed E-state index contributed by atoms with van der Waals surface area (Å²) in [4.78, 5) is 12.5. The molecule has 1 aliphatic heterocycles. The number of aliphatic hydroxyl groups is 1. The number of hydrogen-bond donors (Lipinski definition) is 2. The summed E-state index contributed by atoms with van der Waals surface area (Å²) in [6.07, 6.45) is -0.924. The van der Waals surface area contributed by atoms with E-state index in [0.29, 0.717) is 11.3 Å². The SMILES string of the molecule is CC1(C)Oc2ccc(I)cc2C(NC(=O)c2ccc(F)cc2)C1O. The number of halogens is 2. The van der Waals surface area contributed by atoms with E-state index in [-0.39, 0.29) is 5.91 Å². The Balaban J connectivity index is 1.95. The lowest BCUT2D eigenvalue weighted by Gasteiger charge is -2.42. The van der Waals surface area contributed by atoms with Crippen LogP contribution >= 0.6 is 22.6 Å². The monoisotopic (exact) mass is 441 g/mol. The molecule has 126 valence electrons. The van der Waals surface area contributed by atoms with E-state index in [1.54, 1.807) is 13.8 Å². The summed E-state index contributed by atoms with van der Waals surface area (Å²) < 4.78 is 19.9. The standard InChI is InChI=1S/C18H17FINO3/c1-18(2)16(22)15(13-9-12(20)7-8-14(13)24-18)21-17(23)10-3-5-11(19)6-4-10/h3-9,15-16,22H,1-2H3,(H,21,23). The van der Waals surface area contributed by atoms with E-state index in [2.05, 4.69) is 27.9 Å². The minimum atomic E-state index is -0.924. The zero-order valence-corrected chi connectivity index (χ0v) is 15.4. The molecule has 0 bridgehead atoms. The fourth-order valence-electron chi connectivity index (χ4n) is 2.75. The maximum Gasteiger partial charge on any atom is 0.251 e. The third kappa shape index (κ3) is 3.25. The van der Waals surface area contributed by atoms with Crippen molar-refractivity contribution in [3.05, 3.63) is 63.0 Å². The highest BCUT2D eigenvalue weighted by atomic mass is 127. The van der Waals surface area contributed by atoms with Gasteiger partial charge in [-0.2, -0.15) is 0 Å². The Bertz CT molecular complexity index is 776. The molecule has 2 aromatic rings. The Kier molecular flexibility index (Phi) is 4.52. The lowest BCUT2D eigenvalue weighted by atomic mass is 9.86. The Morgan fingerprint density at radius 2 is 1.92 bits per heavy atom. The van der Waals surface area contributed by atoms with E-state index in [0.717, 1.165) is 9.13 Å². The van der Waals surface area contributed by atoms with Gasteiger partial charge < -0.3 is 15.2 Å². The smallest absolute Gasteiger partial charge is 0.251 e. The number of carbonyl (C=O) groups is 1. The third-order valence-corrected chi connectivity index (χ3v) is 4.77. The van der Waals surface area contributed by atoms with Crippen molar-refractivity contribution in [1.82, 2.24) is 5.32 Å². The van der Waals surface area contributed by atoms with Crippen LogP contribution in [0.3, 0.4) is 0 Å². The summed E-state index contributed by atoms with van der Waals surface area (Å²) >= 11 is 2.17. The van der Waals surface area contributed by atoms with E-state index in [1.165, 1.54) is 24.3 Å². The fraction of sp³-hybridized carbons (Fsp3) is 0.278. The highest BCUT2D eigenvalue weighted by Gasteiger charge is 2.43. The molecule has 1 amide bonds. The molecule has 3 rings (SSSR count). The van der Waals surface area contributed by atoms with Gasteiger partial charge in [-0.1, -0.05) is 0 Å². The van der Waals surface area contributed by atoms with Gasteiger partial charge in [0.15, 0.2) is 0 Å². The molecule has 0 spiro atoms. The van der Waals surface area contributed by atoms with Crippen molar-refractivity contribution in [3.8, 4) is 5.75 Å². The Hall–Kier alpha value is -1.67. The van der Waals surface area contributed by atoms with Crippen LogP contribution in [0.15, 0.2) is 42.5 Å². The first-order valence-corrected chi connectivity index (χ1v) is 8.59. The molecule has 6 heteroatoms. The molecule has 1 heterocycles. The zero-order valence-electron chi connectivity index (χ0n) is 13.2. The van der Waals surface area contributed by atoms with Gasteiger partial charge in [-0.15, -0.1) is 0 Å². The van der Waals surface area contributed by atoms with Gasteiger partial charge in [0.1, 0.15) is 23.3 Å². The summed E-state index contributed by atoms with van der Waals surface area (Å²) in [6, 6.07) is 10.3. The number of benzene rings is 2. The first-order valence-electron chi connectivity index (χ1n) is 7.51. The lowest BCUT2D eigenvalue weighted by molar-refractivity contribution is -0.0628. The van der Waals surface area contributed by atoms with Gasteiger partial charge in [0.25, 0.3) is 5.91 Å². The van der Waals surface area contributed by atoms with Crippen LogP contribution in [-0.4, -0.2) is 22.7 Å². The number of amides is 1. The Labute approximate surface area is 153 Å². The number of carbonyl (C=O) groups excluding carboxylic acids is 1. The normalized spacial score (nSPS) is 21.5. The largest absolute Gasteiger partial charge is 0.485 e. The van der Waals surface area contributed by atoms with E-state index in [4.69, 9.17) is 4.74 Å². The minimum Gasteiger partial charge on any atom is -0.485 e. The molecular formula is C18H17FINO3. The highest BCUT2D eigenvalue weighted by Crippen LogP contribution is 2.40. The first-order chi connectivity index (χ1) is 11.3. The van der Waals surface area contributed by atoms with Gasteiger partial charge in [-0.3, -0.25) is 4.79 Å². The second kappa shape index (κ2) is 6.33. The molecule has 0 fully saturated rings. The van der Waals surface area contributed by atoms with Gasteiger partial charge in [-0.25, -0.2) is 4.39 Å². The topological polar surface area (TPSA) is 58.6 Å². The van der Waals surface area contributed by atoms with Crippen molar-refractivity contribution in [2.45, 2.75) is 31.6 Å². The highest BCUT2D eigenvalue weighted by molar-refractivity contribution is 14.1. The van der Waals surface area contributed by atoms with Crippen LogP contribution in [0.1, 0.15) is 35.8 Å². The van der Waals surface area contributed by atoms with Crippen LogP contribution in [0.5, 0.6) is 5.75 Å². The molecule has 0 aliphatic carbocycles. The molecule has 2 N–H and O–H groups in total. The third-order valence-electron chi connectivity index (χ3n) is 4.10. The number of nitrogens with one attached hydrogen (secondary N) is 1. The van der Waals surface area contributed by atoms with Gasteiger partial charge >= 0.3 is 0 Å². The molecule has 24 heavy (non-hydrogen) atoms. The molecule has 0 saturated heterocycles. The number of fused-ring (bicyclic) bond motifs is 1. The maximum absolute atomic E-state index is 13.0. The number of rotatable bonds is 2. The Morgan fingerprint density at radius 3 is 2.58 bits per heavy atom. The minimum absolute atomic E-state index is 0.333. The van der Waals surface area contributed by atoms with Crippen LogP contribution in [-0.2, 0) is 0 Å². The van der Waals surface area contributed by atoms with Crippen molar-refractivity contribution in [2.24, 2.45) is 0 Å². The van der Waals surface area contributed by atoms with E-state index in [9.17, 15) is 14.3 Å². The summed E-state index contributed by atoms with van der Waals surface area (Å²) in [5.74, 6) is -0.143. The summed E-state index contributed by atoms with van der Waals surface area (Å²) in [5, 5.41) is 13.5. The van der Waals surface area contributed by atoms with Gasteiger partial charge in [0.05, 0.1) is 6.04 Å². The van der Waals surface area contributed by atoms with Gasteiger partial charge in [-0.05, 0) is 78.9 Å². The number of aliphatic hydroxyl groups excluding tert-OH is 1. The second-order valence-electron chi connectivity index (χ2n) is 6.29.